The van der Waals surface area contributed by atoms with E-state index in [4.69, 9.17) is 0 Å². The van der Waals surface area contributed by atoms with E-state index in [-0.39, 0.29) is 35.9 Å². The Bertz CT molecular complexity index is 651. The van der Waals surface area contributed by atoms with E-state index in [1.807, 2.05) is 39.0 Å². The first kappa shape index (κ1) is 22.6. The largest absolute Gasteiger partial charge is 0.350 e. The van der Waals surface area contributed by atoms with Gasteiger partial charge in [0.2, 0.25) is 11.8 Å². The number of carbonyl (C=O) groups excluding carboxylic acids is 2. The Kier molecular flexibility index (Phi) is 7.84. The molecule has 0 spiro atoms. The summed E-state index contributed by atoms with van der Waals surface area (Å²) in [6.07, 6.45) is 0.874. The van der Waals surface area contributed by atoms with E-state index in [2.05, 4.69) is 47.3 Å². The second kappa shape index (κ2) is 9.00. The van der Waals surface area contributed by atoms with Crippen molar-refractivity contribution >= 4 is 33.4 Å². The van der Waals surface area contributed by atoms with Crippen molar-refractivity contribution in [1.82, 2.24) is 10.2 Å². The molecule has 0 saturated heterocycles. The molecular formula is C20H32BrN3O2. The maximum atomic E-state index is 12.3. The molecule has 0 fully saturated rings. The standard InChI is InChI=1S/C20H32BrN3O2/c1-14-10-15(21)8-9-16(14)22-17(25)11-24(7)12-18(26)23-20(5,6)13-19(2,3)4/h8-10H,11-13H2,1-7H3,(H,22,25)(H,23,26). The molecule has 2 amide bonds. The van der Waals surface area contributed by atoms with E-state index in [9.17, 15) is 9.59 Å². The van der Waals surface area contributed by atoms with Crippen molar-refractivity contribution in [3.8, 4) is 0 Å². The van der Waals surface area contributed by atoms with Crippen LogP contribution in [0.5, 0.6) is 0 Å². The fraction of sp³-hybridized carbons (Fsp3) is 0.600. The molecule has 6 heteroatoms. The molecule has 0 aliphatic rings. The number of nitrogens with zero attached hydrogens (tertiary/aromatic N) is 1. The first-order chi connectivity index (χ1) is 11.8. The van der Waals surface area contributed by atoms with Gasteiger partial charge in [-0.05, 0) is 63.4 Å². The smallest absolute Gasteiger partial charge is 0.238 e. The van der Waals surface area contributed by atoms with Gasteiger partial charge >= 0.3 is 0 Å². The normalized spacial score (nSPS) is 12.2. The topological polar surface area (TPSA) is 61.4 Å². The minimum atomic E-state index is -0.285. The number of halogens is 1. The van der Waals surface area contributed by atoms with Gasteiger partial charge in [-0.1, -0.05) is 36.7 Å². The minimum Gasteiger partial charge on any atom is -0.350 e. The number of hydrogen-bond acceptors (Lipinski definition) is 3. The zero-order chi connectivity index (χ0) is 20.1. The highest BCUT2D eigenvalue weighted by Crippen LogP contribution is 2.26. The van der Waals surface area contributed by atoms with Crippen LogP contribution in [-0.2, 0) is 9.59 Å². The van der Waals surface area contributed by atoms with Crippen LogP contribution in [0, 0.1) is 12.3 Å². The predicted octanol–water partition coefficient (Wildman–Crippen LogP) is 3.96. The van der Waals surface area contributed by atoms with E-state index < -0.39 is 0 Å². The van der Waals surface area contributed by atoms with Crippen molar-refractivity contribution in [3.63, 3.8) is 0 Å². The third-order valence-electron chi connectivity index (χ3n) is 3.74. The van der Waals surface area contributed by atoms with Crippen LogP contribution in [0.15, 0.2) is 22.7 Å². The highest BCUT2D eigenvalue weighted by Gasteiger charge is 2.27. The Morgan fingerprint density at radius 3 is 2.19 bits per heavy atom. The zero-order valence-corrected chi connectivity index (χ0v) is 18.6. The van der Waals surface area contributed by atoms with Crippen LogP contribution in [-0.4, -0.2) is 42.4 Å². The first-order valence-electron chi connectivity index (χ1n) is 8.83. The lowest BCUT2D eigenvalue weighted by Crippen LogP contribution is -2.49. The number of carbonyl (C=O) groups is 2. The summed E-state index contributed by atoms with van der Waals surface area (Å²) in [6.45, 7) is 12.8. The van der Waals surface area contributed by atoms with Gasteiger partial charge in [-0.15, -0.1) is 0 Å². The molecule has 0 saturated carbocycles. The van der Waals surface area contributed by atoms with E-state index in [0.717, 1.165) is 22.1 Å². The third kappa shape index (κ3) is 8.81. The second-order valence-corrected chi connectivity index (χ2v) is 9.76. The molecule has 0 radical (unpaired) electrons. The van der Waals surface area contributed by atoms with Crippen LogP contribution < -0.4 is 10.6 Å². The maximum absolute atomic E-state index is 12.3. The number of hydrogen-bond donors (Lipinski definition) is 2. The molecule has 2 N–H and O–H groups in total. The van der Waals surface area contributed by atoms with E-state index in [0.29, 0.717) is 0 Å². The Morgan fingerprint density at radius 2 is 1.65 bits per heavy atom. The molecule has 0 bridgehead atoms. The van der Waals surface area contributed by atoms with Gasteiger partial charge in [-0.2, -0.15) is 0 Å². The lowest BCUT2D eigenvalue weighted by molar-refractivity contribution is -0.124. The number of rotatable bonds is 7. The lowest BCUT2D eigenvalue weighted by atomic mass is 9.82. The maximum Gasteiger partial charge on any atom is 0.238 e. The van der Waals surface area contributed by atoms with E-state index in [1.165, 1.54) is 0 Å². The Balaban J connectivity index is 2.51. The molecular weight excluding hydrogens is 394 g/mol. The molecule has 1 aromatic rings. The first-order valence-corrected chi connectivity index (χ1v) is 9.62. The van der Waals surface area contributed by atoms with Crippen molar-refractivity contribution in [3.05, 3.63) is 28.2 Å². The van der Waals surface area contributed by atoms with Gasteiger partial charge in [0, 0.05) is 15.7 Å². The van der Waals surface area contributed by atoms with Crippen LogP contribution in [0.2, 0.25) is 0 Å². The molecule has 146 valence electrons. The highest BCUT2D eigenvalue weighted by atomic mass is 79.9. The fourth-order valence-corrected chi connectivity index (χ4v) is 3.77. The molecule has 1 aromatic carbocycles. The predicted molar refractivity (Wildman–Crippen MR) is 111 cm³/mol. The van der Waals surface area contributed by atoms with Gasteiger partial charge in [0.25, 0.3) is 0 Å². The van der Waals surface area contributed by atoms with Crippen LogP contribution in [0.1, 0.15) is 46.6 Å². The zero-order valence-electron chi connectivity index (χ0n) is 17.0. The minimum absolute atomic E-state index is 0.0747. The molecule has 0 aromatic heterocycles. The average Bonchev–Trinajstić information content (AvgIpc) is 2.37. The van der Waals surface area contributed by atoms with Crippen molar-refractivity contribution in [2.24, 2.45) is 5.41 Å². The number of likely N-dealkylation sites (N-methyl/N-ethyl adjacent to an activating group) is 1. The van der Waals surface area contributed by atoms with E-state index in [1.54, 1.807) is 11.9 Å². The Morgan fingerprint density at radius 1 is 1.08 bits per heavy atom. The summed E-state index contributed by atoms with van der Waals surface area (Å²) < 4.78 is 0.972. The Hall–Kier alpha value is -1.40. The van der Waals surface area contributed by atoms with Crippen LogP contribution >= 0.6 is 15.9 Å². The number of nitrogens with one attached hydrogen (secondary N) is 2. The molecule has 0 aliphatic carbocycles. The van der Waals surface area contributed by atoms with Gasteiger partial charge in [0.05, 0.1) is 13.1 Å². The molecule has 26 heavy (non-hydrogen) atoms. The van der Waals surface area contributed by atoms with Gasteiger partial charge in [-0.25, -0.2) is 0 Å². The summed E-state index contributed by atoms with van der Waals surface area (Å²) in [7, 11) is 1.77. The van der Waals surface area contributed by atoms with Crippen LogP contribution in [0.4, 0.5) is 5.69 Å². The summed E-state index contributed by atoms with van der Waals surface area (Å²) >= 11 is 3.41. The summed E-state index contributed by atoms with van der Waals surface area (Å²) in [5, 5.41) is 5.95. The number of benzene rings is 1. The van der Waals surface area contributed by atoms with Crippen LogP contribution in [0.3, 0.4) is 0 Å². The monoisotopic (exact) mass is 425 g/mol. The van der Waals surface area contributed by atoms with Gasteiger partial charge in [-0.3, -0.25) is 14.5 Å². The summed E-state index contributed by atoms with van der Waals surface area (Å²) in [4.78, 5) is 26.2. The second-order valence-electron chi connectivity index (χ2n) is 8.85. The SMILES string of the molecule is Cc1cc(Br)ccc1NC(=O)CN(C)CC(=O)NC(C)(C)CC(C)(C)C. The molecule has 0 heterocycles. The molecule has 5 nitrogen and oxygen atoms in total. The molecule has 0 unspecified atom stereocenters. The quantitative estimate of drug-likeness (QED) is 0.694. The molecule has 0 atom stereocenters. The number of aryl methyl sites for hydroxylation is 1. The average molecular weight is 426 g/mol. The number of anilines is 1. The lowest BCUT2D eigenvalue weighted by Gasteiger charge is -2.33. The van der Waals surface area contributed by atoms with Crippen molar-refractivity contribution in [1.29, 1.82) is 0 Å². The summed E-state index contributed by atoms with van der Waals surface area (Å²) in [6, 6.07) is 5.69. The summed E-state index contributed by atoms with van der Waals surface area (Å²) in [5.74, 6) is -0.214. The third-order valence-corrected chi connectivity index (χ3v) is 4.23. The molecule has 0 aliphatic heterocycles. The highest BCUT2D eigenvalue weighted by molar-refractivity contribution is 9.10. The van der Waals surface area contributed by atoms with Crippen molar-refractivity contribution < 1.29 is 9.59 Å². The van der Waals surface area contributed by atoms with Gasteiger partial charge < -0.3 is 10.6 Å². The molecule has 1 rings (SSSR count). The van der Waals surface area contributed by atoms with Crippen molar-refractivity contribution in [2.75, 3.05) is 25.5 Å². The van der Waals surface area contributed by atoms with E-state index >= 15 is 0 Å². The summed E-state index contributed by atoms with van der Waals surface area (Å²) in [5.41, 5.74) is 1.61. The fourth-order valence-electron chi connectivity index (χ4n) is 3.29. The van der Waals surface area contributed by atoms with Gasteiger partial charge in [0.15, 0.2) is 0 Å². The number of amides is 2. The van der Waals surface area contributed by atoms with Crippen molar-refractivity contribution in [2.45, 2.75) is 53.5 Å². The Labute approximate surface area is 166 Å². The van der Waals surface area contributed by atoms with Gasteiger partial charge in [0.1, 0.15) is 0 Å². The van der Waals surface area contributed by atoms with Crippen LogP contribution in [0.25, 0.3) is 0 Å².